The molecule has 2 aliphatic rings. The van der Waals surface area contributed by atoms with E-state index in [0.717, 1.165) is 23.9 Å². The van der Waals surface area contributed by atoms with Gasteiger partial charge >= 0.3 is 6.09 Å². The van der Waals surface area contributed by atoms with E-state index in [2.05, 4.69) is 25.3 Å². The Morgan fingerprint density at radius 1 is 1.30 bits per heavy atom. The molecule has 0 radical (unpaired) electrons. The summed E-state index contributed by atoms with van der Waals surface area (Å²) in [6.07, 6.45) is 5.14. The highest BCUT2D eigenvalue weighted by atomic mass is 127. The van der Waals surface area contributed by atoms with Crippen LogP contribution < -0.4 is 5.32 Å². The van der Waals surface area contributed by atoms with Gasteiger partial charge in [-0.15, -0.1) is 24.0 Å². The maximum Gasteiger partial charge on any atom is 0.410 e. The van der Waals surface area contributed by atoms with E-state index in [9.17, 15) is 4.79 Å². The van der Waals surface area contributed by atoms with Gasteiger partial charge in [0.15, 0.2) is 11.8 Å². The predicted molar refractivity (Wildman–Crippen MR) is 124 cm³/mol. The van der Waals surface area contributed by atoms with Gasteiger partial charge in [0.2, 0.25) is 0 Å². The number of carbonyl (C=O) groups excluding carboxylic acids is 1. The van der Waals surface area contributed by atoms with Crippen molar-refractivity contribution in [1.82, 2.24) is 29.9 Å². The normalized spacial score (nSPS) is 18.4. The fourth-order valence-corrected chi connectivity index (χ4v) is 3.50. The highest BCUT2D eigenvalue weighted by Crippen LogP contribution is 2.19. The number of rotatable bonds is 3. The van der Waals surface area contributed by atoms with Gasteiger partial charge in [-0.25, -0.2) is 14.5 Å². The van der Waals surface area contributed by atoms with Crippen molar-refractivity contribution in [3.8, 4) is 5.82 Å². The zero-order valence-electron chi connectivity index (χ0n) is 17.5. The molecule has 0 bridgehead atoms. The van der Waals surface area contributed by atoms with Crippen LogP contribution in [0.3, 0.4) is 0 Å². The molecule has 30 heavy (non-hydrogen) atoms. The number of halogens is 1. The van der Waals surface area contributed by atoms with Crippen LogP contribution in [0.15, 0.2) is 41.8 Å². The lowest BCUT2D eigenvalue weighted by molar-refractivity contribution is 0.0137. The SMILES string of the molecule is CC(C)(C)OC(=O)N1CCN2C(NCc3ccnc(-n4cccn4)c3)=NCC2C1.I. The predicted octanol–water partition coefficient (Wildman–Crippen LogP) is 2.27. The smallest absolute Gasteiger partial charge is 0.410 e. The number of hydrogen-bond acceptors (Lipinski definition) is 7. The standard InChI is InChI=1S/C20H27N7O2.HI/c1-20(2,3)29-19(28)25-9-10-26-16(14-25)13-23-18(26)22-12-15-5-7-21-17(11-15)27-8-4-6-24-27;/h4-8,11,16H,9-10,12-14H2,1-3H3,(H,22,23);1H. The zero-order valence-corrected chi connectivity index (χ0v) is 19.8. The molecule has 4 rings (SSSR count). The number of aliphatic imine (C=N–C) groups is 1. The second-order valence-corrected chi connectivity index (χ2v) is 8.26. The van der Waals surface area contributed by atoms with Crippen molar-refractivity contribution in [3.63, 3.8) is 0 Å². The molecule has 1 saturated heterocycles. The fraction of sp³-hybridized carbons (Fsp3) is 0.500. The number of aromatic nitrogens is 3. The molecule has 10 heteroatoms. The van der Waals surface area contributed by atoms with Crippen molar-refractivity contribution < 1.29 is 9.53 Å². The highest BCUT2D eigenvalue weighted by Gasteiger charge is 2.36. The van der Waals surface area contributed by atoms with Crippen molar-refractivity contribution in [2.75, 3.05) is 26.2 Å². The van der Waals surface area contributed by atoms with Crippen LogP contribution >= 0.6 is 24.0 Å². The first-order chi connectivity index (χ1) is 13.9. The molecule has 9 nitrogen and oxygen atoms in total. The number of fused-ring (bicyclic) bond motifs is 1. The third-order valence-corrected chi connectivity index (χ3v) is 4.86. The minimum atomic E-state index is -0.479. The first kappa shape index (κ1) is 22.3. The van der Waals surface area contributed by atoms with Crippen molar-refractivity contribution in [3.05, 3.63) is 42.4 Å². The van der Waals surface area contributed by atoms with Crippen molar-refractivity contribution in [2.24, 2.45) is 4.99 Å². The van der Waals surface area contributed by atoms with Crippen LogP contribution in [-0.4, -0.2) is 74.4 Å². The van der Waals surface area contributed by atoms with Gasteiger partial charge in [0.25, 0.3) is 0 Å². The molecular formula is C20H28IN7O2. The first-order valence-electron chi connectivity index (χ1n) is 9.87. The number of guanidine groups is 1. The number of amides is 1. The molecule has 1 unspecified atom stereocenters. The fourth-order valence-electron chi connectivity index (χ4n) is 3.50. The van der Waals surface area contributed by atoms with Gasteiger partial charge < -0.3 is 19.9 Å². The molecule has 0 spiro atoms. The Bertz CT molecular complexity index is 895. The van der Waals surface area contributed by atoms with E-state index in [1.54, 1.807) is 22.0 Å². The maximum absolute atomic E-state index is 12.3. The summed E-state index contributed by atoms with van der Waals surface area (Å²) in [5.41, 5.74) is 0.621. The summed E-state index contributed by atoms with van der Waals surface area (Å²) in [6.45, 7) is 8.99. The number of piperazine rings is 1. The summed E-state index contributed by atoms with van der Waals surface area (Å²) < 4.78 is 7.24. The van der Waals surface area contributed by atoms with Crippen molar-refractivity contribution in [2.45, 2.75) is 39.0 Å². The Morgan fingerprint density at radius 2 is 2.13 bits per heavy atom. The van der Waals surface area contributed by atoms with E-state index >= 15 is 0 Å². The topological polar surface area (TPSA) is 87.9 Å². The summed E-state index contributed by atoms with van der Waals surface area (Å²) in [7, 11) is 0. The number of nitrogens with one attached hydrogen (secondary N) is 1. The lowest BCUT2D eigenvalue weighted by atomic mass is 10.2. The second kappa shape index (κ2) is 9.19. The van der Waals surface area contributed by atoms with Gasteiger partial charge in [0.1, 0.15) is 5.60 Å². The Labute approximate surface area is 193 Å². The summed E-state index contributed by atoms with van der Waals surface area (Å²) in [4.78, 5) is 25.4. The van der Waals surface area contributed by atoms with Crippen LogP contribution in [0.1, 0.15) is 26.3 Å². The van der Waals surface area contributed by atoms with Crippen LogP contribution in [0.25, 0.3) is 5.82 Å². The van der Waals surface area contributed by atoms with Gasteiger partial charge in [0, 0.05) is 44.8 Å². The van der Waals surface area contributed by atoms with Crippen LogP contribution in [0, 0.1) is 0 Å². The largest absolute Gasteiger partial charge is 0.444 e. The second-order valence-electron chi connectivity index (χ2n) is 8.26. The summed E-state index contributed by atoms with van der Waals surface area (Å²) >= 11 is 0. The Kier molecular flexibility index (Phi) is 6.84. The lowest BCUT2D eigenvalue weighted by Gasteiger charge is -2.39. The number of nitrogens with zero attached hydrogens (tertiary/aromatic N) is 6. The molecule has 2 aromatic heterocycles. The van der Waals surface area contributed by atoms with E-state index < -0.39 is 5.60 Å². The number of ether oxygens (including phenoxy) is 1. The van der Waals surface area contributed by atoms with Gasteiger partial charge in [-0.05, 0) is 44.5 Å². The van der Waals surface area contributed by atoms with E-state index in [1.165, 1.54) is 0 Å². The Balaban J connectivity index is 0.00000256. The van der Waals surface area contributed by atoms with E-state index in [1.807, 2.05) is 45.2 Å². The van der Waals surface area contributed by atoms with Gasteiger partial charge in [-0.1, -0.05) is 0 Å². The molecule has 0 saturated carbocycles. The molecule has 0 aliphatic carbocycles. The Morgan fingerprint density at radius 3 is 2.87 bits per heavy atom. The van der Waals surface area contributed by atoms with Gasteiger partial charge in [0.05, 0.1) is 12.6 Å². The van der Waals surface area contributed by atoms with Crippen LogP contribution in [0.2, 0.25) is 0 Å². The molecule has 1 fully saturated rings. The maximum atomic E-state index is 12.3. The minimum absolute atomic E-state index is 0. The van der Waals surface area contributed by atoms with Crippen LogP contribution in [0.5, 0.6) is 0 Å². The average Bonchev–Trinajstić information content (AvgIpc) is 3.35. The molecular weight excluding hydrogens is 497 g/mol. The molecule has 1 atom stereocenters. The minimum Gasteiger partial charge on any atom is -0.444 e. The number of carbonyl (C=O) groups is 1. The van der Waals surface area contributed by atoms with E-state index in [-0.39, 0.29) is 36.1 Å². The molecule has 2 aromatic rings. The van der Waals surface area contributed by atoms with Crippen molar-refractivity contribution in [1.29, 1.82) is 0 Å². The lowest BCUT2D eigenvalue weighted by Crippen LogP contribution is -2.57. The first-order valence-corrected chi connectivity index (χ1v) is 9.87. The summed E-state index contributed by atoms with van der Waals surface area (Å²) in [5, 5.41) is 7.66. The number of hydrogen-bond donors (Lipinski definition) is 1. The zero-order chi connectivity index (χ0) is 20.4. The molecule has 2 aliphatic heterocycles. The number of pyridine rings is 1. The van der Waals surface area contributed by atoms with Crippen molar-refractivity contribution >= 4 is 36.0 Å². The summed E-state index contributed by atoms with van der Waals surface area (Å²) in [6, 6.07) is 6.05. The third-order valence-electron chi connectivity index (χ3n) is 4.86. The van der Waals surface area contributed by atoms with Crippen LogP contribution in [0.4, 0.5) is 4.79 Å². The quantitative estimate of drug-likeness (QED) is 0.619. The molecule has 1 N–H and O–H groups in total. The Hall–Kier alpha value is -2.37. The summed E-state index contributed by atoms with van der Waals surface area (Å²) in [5.74, 6) is 1.67. The monoisotopic (exact) mass is 525 g/mol. The van der Waals surface area contributed by atoms with Gasteiger partial charge in [-0.2, -0.15) is 5.10 Å². The molecule has 1 amide bonds. The molecule has 4 heterocycles. The molecule has 0 aromatic carbocycles. The molecule has 162 valence electrons. The third kappa shape index (κ3) is 5.21. The van der Waals surface area contributed by atoms with E-state index in [0.29, 0.717) is 26.2 Å². The average molecular weight is 525 g/mol. The van der Waals surface area contributed by atoms with E-state index in [4.69, 9.17) is 4.74 Å². The highest BCUT2D eigenvalue weighted by molar-refractivity contribution is 14.0. The van der Waals surface area contributed by atoms with Crippen LogP contribution in [-0.2, 0) is 11.3 Å². The van der Waals surface area contributed by atoms with Gasteiger partial charge in [-0.3, -0.25) is 4.99 Å².